The van der Waals surface area contributed by atoms with E-state index in [-0.39, 0.29) is 5.97 Å². The van der Waals surface area contributed by atoms with Gasteiger partial charge in [-0.3, -0.25) is 4.79 Å². The maximum Gasteiger partial charge on any atom is 0.306 e. The molecule has 2 rings (SSSR count). The van der Waals surface area contributed by atoms with Crippen molar-refractivity contribution in [2.75, 3.05) is 0 Å². The molecule has 0 N–H and O–H groups in total. The average molecular weight is 112 g/mol. The molecule has 0 radical (unpaired) electrons. The zero-order valence-electron chi connectivity index (χ0n) is 4.76. The van der Waals surface area contributed by atoms with Gasteiger partial charge < -0.3 is 4.74 Å². The number of hydrogen-bond acceptors (Lipinski definition) is 2. The summed E-state index contributed by atoms with van der Waals surface area (Å²) in [4.78, 5) is 10.4. The summed E-state index contributed by atoms with van der Waals surface area (Å²) in [5.74, 6) is 1.24. The topological polar surface area (TPSA) is 26.3 Å². The van der Waals surface area contributed by atoms with E-state index in [9.17, 15) is 4.79 Å². The largest absolute Gasteiger partial charge is 0.462 e. The van der Waals surface area contributed by atoms with Gasteiger partial charge in [0.15, 0.2) is 0 Å². The van der Waals surface area contributed by atoms with E-state index in [1.807, 2.05) is 0 Å². The first-order valence-electron chi connectivity index (χ1n) is 2.98. The predicted molar refractivity (Wildman–Crippen MR) is 27.2 cm³/mol. The van der Waals surface area contributed by atoms with E-state index in [1.165, 1.54) is 0 Å². The summed E-state index contributed by atoms with van der Waals surface area (Å²) >= 11 is 0. The van der Waals surface area contributed by atoms with Gasteiger partial charge in [-0.25, -0.2) is 0 Å². The minimum Gasteiger partial charge on any atom is -0.462 e. The van der Waals surface area contributed by atoms with Crippen LogP contribution in [0.15, 0.2) is 0 Å². The van der Waals surface area contributed by atoms with Crippen molar-refractivity contribution in [3.8, 4) is 0 Å². The Morgan fingerprint density at radius 2 is 2.50 bits per heavy atom. The van der Waals surface area contributed by atoms with Gasteiger partial charge in [0, 0.05) is 11.8 Å². The Hall–Kier alpha value is -0.530. The zero-order valence-corrected chi connectivity index (χ0v) is 4.76. The number of hydrogen-bond donors (Lipinski definition) is 0. The lowest BCUT2D eigenvalue weighted by atomic mass is 10.3. The minimum atomic E-state index is -0.00176. The summed E-state index contributed by atoms with van der Waals surface area (Å²) in [6, 6.07) is 0. The number of esters is 1. The molecule has 1 aliphatic heterocycles. The van der Waals surface area contributed by atoms with Crippen LogP contribution in [0.1, 0.15) is 13.3 Å². The first-order chi connectivity index (χ1) is 3.79. The fraction of sp³-hybridized carbons (Fsp3) is 0.833. The molecule has 1 saturated heterocycles. The maximum atomic E-state index is 10.4. The first-order valence-corrected chi connectivity index (χ1v) is 2.98. The van der Waals surface area contributed by atoms with Crippen LogP contribution in [0.5, 0.6) is 0 Å². The molecule has 2 fully saturated rings. The molecule has 44 valence electrons. The summed E-state index contributed by atoms with van der Waals surface area (Å²) < 4.78 is 4.91. The number of rotatable bonds is 0. The molecule has 2 nitrogen and oxygen atoms in total. The second-order valence-corrected chi connectivity index (χ2v) is 2.68. The quantitative estimate of drug-likeness (QED) is 0.428. The highest BCUT2D eigenvalue weighted by Crippen LogP contribution is 2.48. The normalized spacial score (nSPS) is 50.6. The average Bonchev–Trinajstić information content (AvgIpc) is 2.29. The van der Waals surface area contributed by atoms with Gasteiger partial charge in [-0.15, -0.1) is 0 Å². The van der Waals surface area contributed by atoms with Crippen molar-refractivity contribution in [2.45, 2.75) is 19.4 Å². The standard InChI is InChI=1S/C6H8O2/c1-3-4-2-5(7)8-6(3)4/h3-4,6H,2H2,1H3. The Kier molecular flexibility index (Phi) is 0.581. The third-order valence-electron chi connectivity index (χ3n) is 2.14. The summed E-state index contributed by atoms with van der Waals surface area (Å²) in [6.45, 7) is 2.13. The Labute approximate surface area is 47.8 Å². The Morgan fingerprint density at radius 3 is 2.88 bits per heavy atom. The van der Waals surface area contributed by atoms with Gasteiger partial charge in [0.25, 0.3) is 0 Å². The van der Waals surface area contributed by atoms with Crippen LogP contribution in [0.3, 0.4) is 0 Å². The van der Waals surface area contributed by atoms with Gasteiger partial charge in [-0.1, -0.05) is 6.92 Å². The fourth-order valence-electron chi connectivity index (χ4n) is 1.39. The van der Waals surface area contributed by atoms with E-state index in [1.54, 1.807) is 0 Å². The highest BCUT2D eigenvalue weighted by molar-refractivity contribution is 5.73. The van der Waals surface area contributed by atoms with Crippen LogP contribution in [-0.2, 0) is 9.53 Å². The summed E-state index contributed by atoms with van der Waals surface area (Å²) in [7, 11) is 0. The predicted octanol–water partition coefficient (Wildman–Crippen LogP) is 0.568. The number of carbonyl (C=O) groups is 1. The van der Waals surface area contributed by atoms with Gasteiger partial charge in [0.1, 0.15) is 6.10 Å². The SMILES string of the molecule is CC1C2CC(=O)OC12. The maximum absolute atomic E-state index is 10.4. The van der Waals surface area contributed by atoms with Gasteiger partial charge in [-0.2, -0.15) is 0 Å². The van der Waals surface area contributed by atoms with Crippen molar-refractivity contribution in [1.29, 1.82) is 0 Å². The van der Waals surface area contributed by atoms with E-state index in [0.29, 0.717) is 24.4 Å². The second-order valence-electron chi connectivity index (χ2n) is 2.68. The molecular formula is C6H8O2. The molecule has 0 spiro atoms. The third kappa shape index (κ3) is 0.358. The fourth-order valence-corrected chi connectivity index (χ4v) is 1.39. The molecule has 0 amide bonds. The van der Waals surface area contributed by atoms with E-state index in [0.717, 1.165) is 0 Å². The molecule has 1 aliphatic carbocycles. The molecule has 0 aromatic rings. The molecule has 2 aliphatic rings. The summed E-state index contributed by atoms with van der Waals surface area (Å²) in [5.41, 5.74) is 0. The summed E-state index contributed by atoms with van der Waals surface area (Å²) in [5, 5.41) is 0. The zero-order chi connectivity index (χ0) is 5.72. The highest BCUT2D eigenvalue weighted by Gasteiger charge is 2.55. The molecule has 3 unspecified atom stereocenters. The van der Waals surface area contributed by atoms with E-state index < -0.39 is 0 Å². The molecule has 2 heteroatoms. The molecule has 8 heavy (non-hydrogen) atoms. The molecule has 1 saturated carbocycles. The Morgan fingerprint density at radius 1 is 1.75 bits per heavy atom. The molecule has 0 aromatic heterocycles. The molecular weight excluding hydrogens is 104 g/mol. The summed E-state index contributed by atoms with van der Waals surface area (Å²) in [6.07, 6.45) is 0.980. The van der Waals surface area contributed by atoms with Crippen LogP contribution in [-0.4, -0.2) is 12.1 Å². The Balaban J connectivity index is 2.09. The first kappa shape index (κ1) is 4.36. The van der Waals surface area contributed by atoms with Gasteiger partial charge in [0.2, 0.25) is 0 Å². The van der Waals surface area contributed by atoms with E-state index in [4.69, 9.17) is 4.74 Å². The van der Waals surface area contributed by atoms with Gasteiger partial charge in [-0.05, 0) is 0 Å². The van der Waals surface area contributed by atoms with Crippen molar-refractivity contribution in [1.82, 2.24) is 0 Å². The minimum absolute atomic E-state index is 0.00176. The number of fused-ring (bicyclic) bond motifs is 1. The van der Waals surface area contributed by atoms with Crippen molar-refractivity contribution < 1.29 is 9.53 Å². The van der Waals surface area contributed by atoms with Crippen LogP contribution in [0.2, 0.25) is 0 Å². The van der Waals surface area contributed by atoms with Gasteiger partial charge >= 0.3 is 5.97 Å². The molecule has 3 atom stereocenters. The van der Waals surface area contributed by atoms with Crippen molar-refractivity contribution in [3.63, 3.8) is 0 Å². The van der Waals surface area contributed by atoms with Gasteiger partial charge in [0.05, 0.1) is 6.42 Å². The number of ether oxygens (including phenoxy) is 1. The lowest BCUT2D eigenvalue weighted by molar-refractivity contribution is -0.141. The molecule has 0 bridgehead atoms. The monoisotopic (exact) mass is 112 g/mol. The smallest absolute Gasteiger partial charge is 0.306 e. The van der Waals surface area contributed by atoms with Crippen LogP contribution < -0.4 is 0 Å². The van der Waals surface area contributed by atoms with Crippen LogP contribution in [0.4, 0.5) is 0 Å². The molecule has 0 aromatic carbocycles. The van der Waals surface area contributed by atoms with Crippen LogP contribution in [0.25, 0.3) is 0 Å². The lowest BCUT2D eigenvalue weighted by Gasteiger charge is -1.94. The van der Waals surface area contributed by atoms with Crippen molar-refractivity contribution in [2.24, 2.45) is 11.8 Å². The van der Waals surface area contributed by atoms with Crippen molar-refractivity contribution >= 4 is 5.97 Å². The number of carbonyl (C=O) groups excluding carboxylic acids is 1. The second kappa shape index (κ2) is 1.07. The molecule has 1 heterocycles. The van der Waals surface area contributed by atoms with Crippen molar-refractivity contribution in [3.05, 3.63) is 0 Å². The Bertz CT molecular complexity index is 127. The van der Waals surface area contributed by atoms with E-state index in [2.05, 4.69) is 6.92 Å². The highest BCUT2D eigenvalue weighted by atomic mass is 16.6. The lowest BCUT2D eigenvalue weighted by Crippen LogP contribution is -2.00. The van der Waals surface area contributed by atoms with Crippen LogP contribution in [0, 0.1) is 11.8 Å². The van der Waals surface area contributed by atoms with E-state index >= 15 is 0 Å². The third-order valence-corrected chi connectivity index (χ3v) is 2.14. The van der Waals surface area contributed by atoms with Crippen LogP contribution >= 0.6 is 0 Å².